The molecule has 6 heteroatoms. The van der Waals surface area contributed by atoms with Gasteiger partial charge in [0.15, 0.2) is 11.6 Å². The molecule has 0 aliphatic carbocycles. The van der Waals surface area contributed by atoms with Crippen molar-refractivity contribution in [2.75, 3.05) is 51.2 Å². The molecule has 1 aliphatic heterocycles. The number of piperazine rings is 1. The molecule has 0 aromatic heterocycles. The van der Waals surface area contributed by atoms with E-state index < -0.39 is 11.6 Å². The van der Waals surface area contributed by atoms with Gasteiger partial charge in [-0.15, -0.1) is 0 Å². The minimum atomic E-state index is -0.690. The van der Waals surface area contributed by atoms with Gasteiger partial charge in [-0.05, 0) is 12.1 Å². The largest absolute Gasteiger partial charge is 0.369 e. The van der Waals surface area contributed by atoms with E-state index in [0.717, 1.165) is 44.9 Å². The number of anilines is 1. The highest BCUT2D eigenvalue weighted by atomic mass is 19.1. The lowest BCUT2D eigenvalue weighted by Gasteiger charge is -2.30. The zero-order chi connectivity index (χ0) is 14.5. The minimum absolute atomic E-state index is 0.000690. The molecule has 0 spiro atoms. The van der Waals surface area contributed by atoms with Crippen LogP contribution in [0.5, 0.6) is 0 Å². The van der Waals surface area contributed by atoms with E-state index in [2.05, 4.69) is 10.2 Å². The SMILES string of the molecule is CN(CCN1CCNCC1)c1c(F)cc(C#N)cc1F. The zero-order valence-corrected chi connectivity index (χ0v) is 11.5. The number of hydrogen-bond donors (Lipinski definition) is 1. The molecule has 1 aromatic carbocycles. The summed E-state index contributed by atoms with van der Waals surface area (Å²) in [6.45, 7) is 5.10. The lowest BCUT2D eigenvalue weighted by molar-refractivity contribution is 0.246. The van der Waals surface area contributed by atoms with E-state index in [0.29, 0.717) is 6.54 Å². The second-order valence-electron chi connectivity index (χ2n) is 4.91. The Morgan fingerprint density at radius 2 is 1.90 bits per heavy atom. The van der Waals surface area contributed by atoms with Gasteiger partial charge >= 0.3 is 0 Å². The summed E-state index contributed by atoms with van der Waals surface area (Å²) in [5, 5.41) is 11.9. The zero-order valence-electron chi connectivity index (χ0n) is 11.5. The summed E-state index contributed by atoms with van der Waals surface area (Å²) in [7, 11) is 1.66. The molecule has 4 nitrogen and oxygen atoms in total. The number of nitrogens with zero attached hydrogens (tertiary/aromatic N) is 3. The van der Waals surface area contributed by atoms with Crippen LogP contribution in [0.25, 0.3) is 0 Å². The molecule has 0 saturated carbocycles. The number of halogens is 2. The van der Waals surface area contributed by atoms with Gasteiger partial charge in [0.2, 0.25) is 0 Å². The topological polar surface area (TPSA) is 42.3 Å². The van der Waals surface area contributed by atoms with Crippen molar-refractivity contribution in [3.8, 4) is 6.07 Å². The van der Waals surface area contributed by atoms with Crippen molar-refractivity contribution in [3.63, 3.8) is 0 Å². The van der Waals surface area contributed by atoms with Crippen LogP contribution in [0.1, 0.15) is 5.56 Å². The molecule has 1 aliphatic rings. The van der Waals surface area contributed by atoms with Crippen LogP contribution in [0.3, 0.4) is 0 Å². The Morgan fingerprint density at radius 1 is 1.30 bits per heavy atom. The summed E-state index contributed by atoms with van der Waals surface area (Å²) in [6, 6.07) is 3.88. The molecule has 0 radical (unpaired) electrons. The van der Waals surface area contributed by atoms with Gasteiger partial charge in [-0.2, -0.15) is 5.26 Å². The normalized spacial score (nSPS) is 15.9. The number of nitrogens with one attached hydrogen (secondary N) is 1. The second kappa shape index (κ2) is 6.64. The third kappa shape index (κ3) is 3.44. The number of benzene rings is 1. The van der Waals surface area contributed by atoms with Gasteiger partial charge in [0.05, 0.1) is 11.6 Å². The van der Waals surface area contributed by atoms with Crippen molar-refractivity contribution in [1.82, 2.24) is 10.2 Å². The van der Waals surface area contributed by atoms with Gasteiger partial charge in [0.1, 0.15) is 5.69 Å². The third-order valence-corrected chi connectivity index (χ3v) is 3.49. The molecule has 0 amide bonds. The van der Waals surface area contributed by atoms with Gasteiger partial charge in [0.25, 0.3) is 0 Å². The van der Waals surface area contributed by atoms with Crippen LogP contribution in [0.4, 0.5) is 14.5 Å². The van der Waals surface area contributed by atoms with Crippen LogP contribution in [0.2, 0.25) is 0 Å². The standard InChI is InChI=1S/C14H18F2N4/c1-19(6-7-20-4-2-18-3-5-20)14-12(15)8-11(10-17)9-13(14)16/h8-9,18H,2-7H2,1H3. The van der Waals surface area contributed by atoms with Crippen LogP contribution in [0.15, 0.2) is 12.1 Å². The van der Waals surface area contributed by atoms with E-state index in [1.807, 2.05) is 0 Å². The molecular weight excluding hydrogens is 262 g/mol. The summed E-state index contributed by atoms with van der Waals surface area (Å²) in [4.78, 5) is 3.82. The van der Waals surface area contributed by atoms with E-state index in [4.69, 9.17) is 5.26 Å². The maximum absolute atomic E-state index is 13.9. The van der Waals surface area contributed by atoms with Crippen molar-refractivity contribution in [3.05, 3.63) is 29.3 Å². The maximum Gasteiger partial charge on any atom is 0.150 e. The number of likely N-dealkylation sites (N-methyl/N-ethyl adjacent to an activating group) is 1. The third-order valence-electron chi connectivity index (χ3n) is 3.49. The molecule has 0 bridgehead atoms. The first-order chi connectivity index (χ1) is 9.61. The Morgan fingerprint density at radius 3 is 2.45 bits per heavy atom. The lowest BCUT2D eigenvalue weighted by atomic mass is 10.2. The highest BCUT2D eigenvalue weighted by molar-refractivity contribution is 5.52. The van der Waals surface area contributed by atoms with Gasteiger partial charge in [-0.1, -0.05) is 0 Å². The van der Waals surface area contributed by atoms with Crippen LogP contribution >= 0.6 is 0 Å². The predicted octanol–water partition coefficient (Wildman–Crippen LogP) is 1.18. The summed E-state index contributed by atoms with van der Waals surface area (Å²) >= 11 is 0. The summed E-state index contributed by atoms with van der Waals surface area (Å²) in [5.41, 5.74) is -0.0709. The number of rotatable bonds is 4. The van der Waals surface area contributed by atoms with Crippen molar-refractivity contribution < 1.29 is 8.78 Å². The molecule has 1 fully saturated rings. The van der Waals surface area contributed by atoms with Gasteiger partial charge in [-0.3, -0.25) is 4.90 Å². The molecule has 0 unspecified atom stereocenters. The fraction of sp³-hybridized carbons (Fsp3) is 0.500. The molecule has 20 heavy (non-hydrogen) atoms. The van der Waals surface area contributed by atoms with Crippen molar-refractivity contribution in [2.24, 2.45) is 0 Å². The number of hydrogen-bond acceptors (Lipinski definition) is 4. The second-order valence-corrected chi connectivity index (χ2v) is 4.91. The summed E-state index contributed by atoms with van der Waals surface area (Å²) in [5.74, 6) is -1.38. The Labute approximate surface area is 117 Å². The molecule has 1 N–H and O–H groups in total. The fourth-order valence-corrected chi connectivity index (χ4v) is 2.33. The van der Waals surface area contributed by atoms with E-state index in [-0.39, 0.29) is 11.3 Å². The van der Waals surface area contributed by atoms with E-state index in [1.165, 1.54) is 0 Å². The Bertz CT molecular complexity index is 483. The first-order valence-corrected chi connectivity index (χ1v) is 6.65. The van der Waals surface area contributed by atoms with E-state index in [1.54, 1.807) is 18.0 Å². The van der Waals surface area contributed by atoms with Crippen LogP contribution in [-0.2, 0) is 0 Å². The summed E-state index contributed by atoms with van der Waals surface area (Å²) in [6.07, 6.45) is 0. The van der Waals surface area contributed by atoms with Crippen molar-refractivity contribution in [1.29, 1.82) is 5.26 Å². The minimum Gasteiger partial charge on any atom is -0.369 e. The first kappa shape index (κ1) is 14.7. The average Bonchev–Trinajstić information content (AvgIpc) is 2.45. The van der Waals surface area contributed by atoms with Crippen molar-refractivity contribution in [2.45, 2.75) is 0 Å². The fourth-order valence-electron chi connectivity index (χ4n) is 2.33. The maximum atomic E-state index is 13.9. The quantitative estimate of drug-likeness (QED) is 0.899. The predicted molar refractivity (Wildman–Crippen MR) is 73.7 cm³/mol. The van der Waals surface area contributed by atoms with Crippen molar-refractivity contribution >= 4 is 5.69 Å². The van der Waals surface area contributed by atoms with E-state index in [9.17, 15) is 8.78 Å². The monoisotopic (exact) mass is 280 g/mol. The first-order valence-electron chi connectivity index (χ1n) is 6.65. The molecule has 108 valence electrons. The van der Waals surface area contributed by atoms with Crippen LogP contribution in [-0.4, -0.2) is 51.2 Å². The molecule has 1 heterocycles. The van der Waals surface area contributed by atoms with E-state index >= 15 is 0 Å². The molecule has 1 saturated heterocycles. The van der Waals surface area contributed by atoms with Gasteiger partial charge in [0, 0.05) is 46.3 Å². The Hall–Kier alpha value is -1.71. The van der Waals surface area contributed by atoms with Gasteiger partial charge < -0.3 is 10.2 Å². The Kier molecular flexibility index (Phi) is 4.88. The summed E-state index contributed by atoms with van der Waals surface area (Å²) < 4.78 is 27.7. The number of nitriles is 1. The van der Waals surface area contributed by atoms with Gasteiger partial charge in [-0.25, -0.2) is 8.78 Å². The van der Waals surface area contributed by atoms with Crippen LogP contribution in [0, 0.1) is 23.0 Å². The lowest BCUT2D eigenvalue weighted by Crippen LogP contribution is -2.46. The highest BCUT2D eigenvalue weighted by Crippen LogP contribution is 2.23. The molecule has 2 rings (SSSR count). The molecule has 0 atom stereocenters. The highest BCUT2D eigenvalue weighted by Gasteiger charge is 2.17. The molecular formula is C14H18F2N4. The smallest absolute Gasteiger partial charge is 0.150 e. The Balaban J connectivity index is 2.01. The van der Waals surface area contributed by atoms with Crippen LogP contribution < -0.4 is 10.2 Å². The average molecular weight is 280 g/mol. The molecule has 1 aromatic rings.